The van der Waals surface area contributed by atoms with Gasteiger partial charge in [-0.1, -0.05) is 11.6 Å². The molecule has 1 aliphatic carbocycles. The lowest BCUT2D eigenvalue weighted by molar-refractivity contribution is 0.186. The normalized spacial score (nSPS) is 22.9. The van der Waals surface area contributed by atoms with Gasteiger partial charge in [0.15, 0.2) is 5.96 Å². The fourth-order valence-corrected chi connectivity index (χ4v) is 2.68. The monoisotopic (exact) mass is 393 g/mol. The molecule has 0 radical (unpaired) electrons. The predicted octanol–water partition coefficient (Wildman–Crippen LogP) is 2.70. The molecular weight excluding hydrogens is 365 g/mol. The van der Waals surface area contributed by atoms with Crippen LogP contribution >= 0.6 is 24.0 Å². The number of aliphatic imine (C=N–C) groups is 1. The van der Waals surface area contributed by atoms with Gasteiger partial charge >= 0.3 is 0 Å². The minimum atomic E-state index is 0. The van der Waals surface area contributed by atoms with Gasteiger partial charge in [0.05, 0.1) is 6.61 Å². The Labute approximate surface area is 139 Å². The summed E-state index contributed by atoms with van der Waals surface area (Å²) in [6.07, 6.45) is 10.0. The summed E-state index contributed by atoms with van der Waals surface area (Å²) in [4.78, 5) is 4.27. The number of hydrogen-bond donors (Lipinski definition) is 2. The highest BCUT2D eigenvalue weighted by atomic mass is 127. The average molecular weight is 393 g/mol. The van der Waals surface area contributed by atoms with Crippen molar-refractivity contribution in [3.05, 3.63) is 11.6 Å². The molecule has 0 saturated carbocycles. The number of rotatable bonds is 5. The van der Waals surface area contributed by atoms with Gasteiger partial charge in [-0.3, -0.25) is 4.99 Å². The maximum atomic E-state index is 5.38. The number of hydrogen-bond acceptors (Lipinski definition) is 2. The summed E-state index contributed by atoms with van der Waals surface area (Å²) in [6.45, 7) is 3.73. The lowest BCUT2D eigenvalue weighted by Gasteiger charge is -2.16. The maximum Gasteiger partial charge on any atom is 0.190 e. The largest absolute Gasteiger partial charge is 0.381 e. The van der Waals surface area contributed by atoms with Crippen LogP contribution in [0.2, 0.25) is 0 Å². The van der Waals surface area contributed by atoms with Gasteiger partial charge in [0, 0.05) is 32.7 Å². The van der Waals surface area contributed by atoms with E-state index < -0.39 is 0 Å². The Bertz CT molecular complexity index is 325. The van der Waals surface area contributed by atoms with Gasteiger partial charge in [-0.25, -0.2) is 0 Å². The van der Waals surface area contributed by atoms with Gasteiger partial charge in [-0.05, 0) is 38.5 Å². The Morgan fingerprint density at radius 1 is 1.40 bits per heavy atom. The molecule has 5 heteroatoms. The summed E-state index contributed by atoms with van der Waals surface area (Å²) in [5.41, 5.74) is 1.61. The molecule has 1 heterocycles. The van der Waals surface area contributed by atoms with Crippen LogP contribution in [0.4, 0.5) is 0 Å². The molecule has 1 saturated heterocycles. The molecule has 116 valence electrons. The fourth-order valence-electron chi connectivity index (χ4n) is 2.68. The SMILES string of the molecule is CN=C(NCCC1=CCCCC1)NCC1CCOC1.I. The van der Waals surface area contributed by atoms with Crippen molar-refractivity contribution < 1.29 is 4.74 Å². The molecule has 4 nitrogen and oxygen atoms in total. The molecule has 2 rings (SSSR count). The molecule has 2 aliphatic rings. The quantitative estimate of drug-likeness (QED) is 0.327. The Morgan fingerprint density at radius 3 is 2.95 bits per heavy atom. The van der Waals surface area contributed by atoms with Gasteiger partial charge in [-0.2, -0.15) is 0 Å². The summed E-state index contributed by atoms with van der Waals surface area (Å²) in [5.74, 6) is 1.56. The maximum absolute atomic E-state index is 5.38. The number of nitrogens with zero attached hydrogens (tertiary/aromatic N) is 1. The third-order valence-corrected chi connectivity index (χ3v) is 3.93. The molecule has 20 heavy (non-hydrogen) atoms. The number of guanidine groups is 1. The zero-order valence-corrected chi connectivity index (χ0v) is 14.8. The number of halogens is 1. The molecule has 0 bridgehead atoms. The van der Waals surface area contributed by atoms with Crippen molar-refractivity contribution in [2.75, 3.05) is 33.4 Å². The zero-order valence-electron chi connectivity index (χ0n) is 12.5. The third kappa shape index (κ3) is 6.43. The molecule has 1 unspecified atom stereocenters. The van der Waals surface area contributed by atoms with Crippen molar-refractivity contribution >= 4 is 29.9 Å². The summed E-state index contributed by atoms with van der Waals surface area (Å²) in [6, 6.07) is 0. The highest BCUT2D eigenvalue weighted by Crippen LogP contribution is 2.19. The highest BCUT2D eigenvalue weighted by Gasteiger charge is 2.15. The van der Waals surface area contributed by atoms with Crippen LogP contribution < -0.4 is 10.6 Å². The first-order valence-corrected chi connectivity index (χ1v) is 7.58. The zero-order chi connectivity index (χ0) is 13.3. The van der Waals surface area contributed by atoms with E-state index in [0.717, 1.165) is 45.1 Å². The lowest BCUT2D eigenvalue weighted by Crippen LogP contribution is -2.40. The van der Waals surface area contributed by atoms with Crippen molar-refractivity contribution in [2.45, 2.75) is 38.5 Å². The second-order valence-corrected chi connectivity index (χ2v) is 5.47. The summed E-state index contributed by atoms with van der Waals surface area (Å²) >= 11 is 0. The summed E-state index contributed by atoms with van der Waals surface area (Å²) in [5, 5.41) is 6.79. The Kier molecular flexibility index (Phi) is 9.26. The standard InChI is InChI=1S/C15H27N3O.HI/c1-16-15(18-11-14-8-10-19-12-14)17-9-7-13-5-3-2-4-6-13;/h5,14H,2-4,6-12H2,1H3,(H2,16,17,18);1H. The first-order chi connectivity index (χ1) is 9.38. The second kappa shape index (κ2) is 10.4. The van der Waals surface area contributed by atoms with Gasteiger partial charge in [-0.15, -0.1) is 24.0 Å². The van der Waals surface area contributed by atoms with Crippen LogP contribution in [-0.2, 0) is 4.74 Å². The van der Waals surface area contributed by atoms with Crippen molar-refractivity contribution in [2.24, 2.45) is 10.9 Å². The van der Waals surface area contributed by atoms with Gasteiger partial charge in [0.2, 0.25) is 0 Å². The van der Waals surface area contributed by atoms with Crippen LogP contribution in [0.15, 0.2) is 16.6 Å². The minimum absolute atomic E-state index is 0. The topological polar surface area (TPSA) is 45.7 Å². The first-order valence-electron chi connectivity index (χ1n) is 7.58. The van der Waals surface area contributed by atoms with Crippen LogP contribution in [0.1, 0.15) is 38.5 Å². The predicted molar refractivity (Wildman–Crippen MR) is 94.9 cm³/mol. The van der Waals surface area contributed by atoms with Crippen LogP contribution in [0.5, 0.6) is 0 Å². The fraction of sp³-hybridized carbons (Fsp3) is 0.800. The van der Waals surface area contributed by atoms with E-state index in [1.165, 1.54) is 25.7 Å². The number of allylic oxidation sites excluding steroid dienone is 1. The van der Waals surface area contributed by atoms with E-state index >= 15 is 0 Å². The van der Waals surface area contributed by atoms with E-state index in [9.17, 15) is 0 Å². The third-order valence-electron chi connectivity index (χ3n) is 3.93. The molecule has 0 amide bonds. The number of nitrogens with one attached hydrogen (secondary N) is 2. The number of ether oxygens (including phenoxy) is 1. The van der Waals surface area contributed by atoms with Crippen LogP contribution in [0.3, 0.4) is 0 Å². The molecule has 0 aromatic carbocycles. The second-order valence-electron chi connectivity index (χ2n) is 5.47. The molecule has 2 N–H and O–H groups in total. The highest BCUT2D eigenvalue weighted by molar-refractivity contribution is 14.0. The van der Waals surface area contributed by atoms with E-state index in [-0.39, 0.29) is 24.0 Å². The Balaban J connectivity index is 0.00000200. The Hall–Kier alpha value is -0.300. The van der Waals surface area contributed by atoms with Gasteiger partial charge < -0.3 is 15.4 Å². The molecule has 1 atom stereocenters. The van der Waals surface area contributed by atoms with E-state index in [1.54, 1.807) is 5.57 Å². The molecular formula is C15H28IN3O. The Morgan fingerprint density at radius 2 is 2.30 bits per heavy atom. The summed E-state index contributed by atoms with van der Waals surface area (Å²) < 4.78 is 5.38. The van der Waals surface area contributed by atoms with Crippen LogP contribution in [0.25, 0.3) is 0 Å². The van der Waals surface area contributed by atoms with Crippen molar-refractivity contribution in [3.8, 4) is 0 Å². The van der Waals surface area contributed by atoms with Crippen molar-refractivity contribution in [1.82, 2.24) is 10.6 Å². The smallest absolute Gasteiger partial charge is 0.190 e. The van der Waals surface area contributed by atoms with Gasteiger partial charge in [0.1, 0.15) is 0 Å². The molecule has 0 aromatic rings. The van der Waals surface area contributed by atoms with Crippen LogP contribution in [0, 0.1) is 5.92 Å². The molecule has 0 aromatic heterocycles. The molecule has 1 aliphatic heterocycles. The minimum Gasteiger partial charge on any atom is -0.381 e. The first kappa shape index (κ1) is 17.8. The van der Waals surface area contributed by atoms with Crippen molar-refractivity contribution in [3.63, 3.8) is 0 Å². The van der Waals surface area contributed by atoms with E-state index in [0.29, 0.717) is 5.92 Å². The summed E-state index contributed by atoms with van der Waals surface area (Å²) in [7, 11) is 1.83. The van der Waals surface area contributed by atoms with E-state index in [2.05, 4.69) is 21.7 Å². The van der Waals surface area contributed by atoms with Crippen molar-refractivity contribution in [1.29, 1.82) is 0 Å². The van der Waals surface area contributed by atoms with E-state index in [4.69, 9.17) is 4.74 Å². The lowest BCUT2D eigenvalue weighted by atomic mass is 9.97. The van der Waals surface area contributed by atoms with Gasteiger partial charge in [0.25, 0.3) is 0 Å². The molecule has 0 spiro atoms. The average Bonchev–Trinajstić information content (AvgIpc) is 2.97. The van der Waals surface area contributed by atoms with Crippen LogP contribution in [-0.4, -0.2) is 39.3 Å². The van der Waals surface area contributed by atoms with E-state index in [1.807, 2.05) is 7.05 Å². The molecule has 1 fully saturated rings.